The Labute approximate surface area is 231 Å². The SMILES string of the molecule is CC.CC(C)C(C)S.CC1CC(COC(=O)CCCCCCC(=O)NO)OC1n1ccc(NC=O)nc1=O. The number of nitrogens with one attached hydrogen (secondary N) is 2. The second kappa shape index (κ2) is 20.5. The van der Waals surface area contributed by atoms with Crippen molar-refractivity contribution in [3.8, 4) is 0 Å². The van der Waals surface area contributed by atoms with Gasteiger partial charge >= 0.3 is 11.7 Å². The van der Waals surface area contributed by atoms with Crippen molar-refractivity contribution in [3.05, 3.63) is 22.7 Å². The summed E-state index contributed by atoms with van der Waals surface area (Å²) < 4.78 is 12.5. The summed E-state index contributed by atoms with van der Waals surface area (Å²) in [6, 6.07) is 1.51. The van der Waals surface area contributed by atoms with Gasteiger partial charge in [0.25, 0.3) is 0 Å². The van der Waals surface area contributed by atoms with Crippen molar-refractivity contribution >= 4 is 36.7 Å². The molecule has 0 aliphatic carbocycles. The van der Waals surface area contributed by atoms with Gasteiger partial charge in [-0.1, -0.05) is 54.4 Å². The van der Waals surface area contributed by atoms with Crippen molar-refractivity contribution in [1.82, 2.24) is 15.0 Å². The average Bonchev–Trinajstić information content (AvgIpc) is 3.26. The molecular formula is C26H46N4O7S. The minimum absolute atomic E-state index is 0.0224. The highest BCUT2D eigenvalue weighted by Crippen LogP contribution is 2.33. The maximum Gasteiger partial charge on any atom is 0.351 e. The largest absolute Gasteiger partial charge is 0.463 e. The zero-order valence-electron chi connectivity index (χ0n) is 23.5. The van der Waals surface area contributed by atoms with Crippen LogP contribution < -0.4 is 16.5 Å². The van der Waals surface area contributed by atoms with Crippen molar-refractivity contribution < 1.29 is 29.1 Å². The molecule has 12 heteroatoms. The molecule has 0 saturated carbocycles. The van der Waals surface area contributed by atoms with Crippen molar-refractivity contribution in [2.24, 2.45) is 11.8 Å². The molecule has 2 heterocycles. The van der Waals surface area contributed by atoms with E-state index in [4.69, 9.17) is 14.7 Å². The predicted molar refractivity (Wildman–Crippen MR) is 149 cm³/mol. The van der Waals surface area contributed by atoms with Crippen LogP contribution in [-0.2, 0) is 23.9 Å². The first-order valence-electron chi connectivity index (χ1n) is 13.3. The van der Waals surface area contributed by atoms with Crippen molar-refractivity contribution in [2.75, 3.05) is 11.9 Å². The molecule has 0 spiro atoms. The van der Waals surface area contributed by atoms with E-state index in [1.54, 1.807) is 5.48 Å². The topological polar surface area (TPSA) is 149 Å². The van der Waals surface area contributed by atoms with Gasteiger partial charge in [-0.15, -0.1) is 0 Å². The Kier molecular flexibility index (Phi) is 19.2. The van der Waals surface area contributed by atoms with Crippen molar-refractivity contribution in [1.29, 1.82) is 0 Å². The molecule has 218 valence electrons. The van der Waals surface area contributed by atoms with Crippen molar-refractivity contribution in [2.45, 2.75) is 104 Å². The lowest BCUT2D eigenvalue weighted by atomic mass is 10.1. The summed E-state index contributed by atoms with van der Waals surface area (Å²) in [4.78, 5) is 49.2. The lowest BCUT2D eigenvalue weighted by molar-refractivity contribution is -0.148. The standard InChI is InChI=1S/C19H28N4O7.C5H12S.C2H6/c1-13-10-14(11-29-17(26)7-5-3-2-4-6-16(25)22-28)30-18(13)23-9-8-15(20-12-24)21-19(23)27;1-4(2)5(3)6;1-2/h8-9,12-14,18,28H,2-7,10-11H2,1H3,(H,22,25)(H,20,21,24,27);4-6H,1-3H3;1-2H3. The molecule has 38 heavy (non-hydrogen) atoms. The van der Waals surface area contributed by atoms with Gasteiger partial charge in [-0.05, 0) is 31.2 Å². The van der Waals surface area contributed by atoms with Gasteiger partial charge in [-0.3, -0.25) is 24.2 Å². The van der Waals surface area contributed by atoms with E-state index in [2.05, 4.69) is 43.7 Å². The number of ether oxygens (including phenoxy) is 2. The molecule has 0 bridgehead atoms. The van der Waals surface area contributed by atoms with Crippen LogP contribution in [0.1, 0.15) is 92.7 Å². The second-order valence-electron chi connectivity index (χ2n) is 9.24. The molecule has 0 aromatic carbocycles. The maximum absolute atomic E-state index is 12.2. The summed E-state index contributed by atoms with van der Waals surface area (Å²) in [5.41, 5.74) is 1.05. The number of thiol groups is 1. The number of hydrogen-bond acceptors (Lipinski definition) is 9. The van der Waals surface area contributed by atoms with Crippen LogP contribution in [0.5, 0.6) is 0 Å². The molecule has 2 amide bonds. The number of rotatable bonds is 13. The highest BCUT2D eigenvalue weighted by Gasteiger charge is 2.34. The molecule has 1 saturated heterocycles. The third kappa shape index (κ3) is 14.5. The number of amides is 2. The summed E-state index contributed by atoms with van der Waals surface area (Å²) in [6.07, 6.45) is 5.19. The average molecular weight is 559 g/mol. The summed E-state index contributed by atoms with van der Waals surface area (Å²) in [6.45, 7) is 12.5. The van der Waals surface area contributed by atoms with E-state index in [-0.39, 0.29) is 43.3 Å². The minimum atomic E-state index is -0.534. The molecular weight excluding hydrogens is 512 g/mol. The predicted octanol–water partition coefficient (Wildman–Crippen LogP) is 4.11. The highest BCUT2D eigenvalue weighted by atomic mass is 32.1. The minimum Gasteiger partial charge on any atom is -0.463 e. The van der Waals surface area contributed by atoms with Crippen LogP contribution in [0.2, 0.25) is 0 Å². The van der Waals surface area contributed by atoms with Gasteiger partial charge in [0.1, 0.15) is 18.7 Å². The Morgan fingerprint density at radius 1 is 1.24 bits per heavy atom. The van der Waals surface area contributed by atoms with Crippen LogP contribution in [0.25, 0.3) is 0 Å². The Morgan fingerprint density at radius 3 is 2.37 bits per heavy atom. The van der Waals surface area contributed by atoms with Gasteiger partial charge in [-0.2, -0.15) is 17.6 Å². The normalized spacial score (nSPS) is 18.8. The molecule has 11 nitrogen and oxygen atoms in total. The number of aromatic nitrogens is 2. The molecule has 1 aromatic heterocycles. The van der Waals surface area contributed by atoms with E-state index in [1.165, 1.54) is 16.8 Å². The number of carbonyl (C=O) groups is 3. The fourth-order valence-electron chi connectivity index (χ4n) is 3.33. The van der Waals surface area contributed by atoms with E-state index < -0.39 is 17.8 Å². The van der Waals surface area contributed by atoms with E-state index in [9.17, 15) is 19.2 Å². The first kappa shape index (κ1) is 35.6. The van der Waals surface area contributed by atoms with Crippen LogP contribution in [-0.4, -0.2) is 51.0 Å². The third-order valence-corrected chi connectivity index (χ3v) is 6.42. The fraction of sp³-hybridized carbons (Fsp3) is 0.731. The molecule has 4 atom stereocenters. The number of hydroxylamine groups is 1. The van der Waals surface area contributed by atoms with Gasteiger partial charge in [0.15, 0.2) is 0 Å². The van der Waals surface area contributed by atoms with Crippen LogP contribution in [0, 0.1) is 11.8 Å². The van der Waals surface area contributed by atoms with Gasteiger partial charge < -0.3 is 14.8 Å². The Balaban J connectivity index is 0.00000150. The van der Waals surface area contributed by atoms with Gasteiger partial charge in [0.05, 0.1) is 6.10 Å². The van der Waals surface area contributed by atoms with E-state index in [1.807, 2.05) is 20.8 Å². The van der Waals surface area contributed by atoms with Crippen LogP contribution in [0.3, 0.4) is 0 Å². The summed E-state index contributed by atoms with van der Waals surface area (Å²) in [7, 11) is 0. The molecule has 1 aliphatic heterocycles. The smallest absolute Gasteiger partial charge is 0.351 e. The molecule has 1 aliphatic rings. The lowest BCUT2D eigenvalue weighted by Crippen LogP contribution is -2.29. The van der Waals surface area contributed by atoms with Crippen LogP contribution in [0.4, 0.5) is 5.82 Å². The van der Waals surface area contributed by atoms with E-state index >= 15 is 0 Å². The number of carbonyl (C=O) groups excluding carboxylic acids is 3. The number of nitrogens with zero attached hydrogens (tertiary/aromatic N) is 2. The molecule has 2 rings (SSSR count). The monoisotopic (exact) mass is 558 g/mol. The zero-order chi connectivity index (χ0) is 29.1. The molecule has 3 N–H and O–H groups in total. The van der Waals surface area contributed by atoms with E-state index in [0.29, 0.717) is 36.8 Å². The molecule has 4 unspecified atom stereocenters. The quantitative estimate of drug-likeness (QED) is 0.0706. The van der Waals surface area contributed by atoms with Gasteiger partial charge in [0.2, 0.25) is 12.3 Å². The number of esters is 1. The maximum atomic E-state index is 12.2. The molecule has 1 fully saturated rings. The number of anilines is 1. The lowest BCUT2D eigenvalue weighted by Gasteiger charge is -2.18. The summed E-state index contributed by atoms with van der Waals surface area (Å²) in [5.74, 6) is 0.178. The highest BCUT2D eigenvalue weighted by molar-refractivity contribution is 7.80. The Hall–Kier alpha value is -2.44. The van der Waals surface area contributed by atoms with Gasteiger partial charge in [-0.25, -0.2) is 10.3 Å². The van der Waals surface area contributed by atoms with Crippen molar-refractivity contribution in [3.63, 3.8) is 0 Å². The zero-order valence-corrected chi connectivity index (χ0v) is 24.4. The van der Waals surface area contributed by atoms with Gasteiger partial charge in [0, 0.05) is 30.2 Å². The summed E-state index contributed by atoms with van der Waals surface area (Å²) in [5, 5.41) is 11.3. The Bertz CT molecular complexity index is 873. The van der Waals surface area contributed by atoms with Crippen LogP contribution in [0.15, 0.2) is 17.1 Å². The van der Waals surface area contributed by atoms with E-state index in [0.717, 1.165) is 12.8 Å². The number of hydrogen-bond donors (Lipinski definition) is 4. The second-order valence-corrected chi connectivity index (χ2v) is 10.1. The first-order chi connectivity index (χ1) is 18.1. The third-order valence-electron chi connectivity index (χ3n) is 5.82. The summed E-state index contributed by atoms with van der Waals surface area (Å²) >= 11 is 4.19. The Morgan fingerprint density at radius 2 is 1.84 bits per heavy atom. The number of unbranched alkanes of at least 4 members (excludes halogenated alkanes) is 3. The van der Waals surface area contributed by atoms with Crippen LogP contribution >= 0.6 is 12.6 Å². The first-order valence-corrected chi connectivity index (χ1v) is 13.8. The molecule has 0 radical (unpaired) electrons. The molecule has 1 aromatic rings. The fourth-order valence-corrected chi connectivity index (χ4v) is 3.33.